The highest BCUT2D eigenvalue weighted by atomic mass is 16.3. The van der Waals surface area contributed by atoms with Crippen molar-refractivity contribution < 1.29 is 14.0 Å². The number of para-hydroxylation sites is 1. The Hall–Kier alpha value is -3.15. The van der Waals surface area contributed by atoms with Crippen molar-refractivity contribution in [3.63, 3.8) is 0 Å². The summed E-state index contributed by atoms with van der Waals surface area (Å²) in [6, 6.07) is 12.8. The number of carbonyl (C=O) groups is 2. The summed E-state index contributed by atoms with van der Waals surface area (Å²) in [5, 5.41) is 6.26. The summed E-state index contributed by atoms with van der Waals surface area (Å²) in [4.78, 5) is 28.1. The molecule has 0 saturated heterocycles. The molecule has 6 heteroatoms. The number of rotatable bonds is 6. The van der Waals surface area contributed by atoms with E-state index in [4.69, 9.17) is 4.42 Å². The minimum absolute atomic E-state index is 0.141. The van der Waals surface area contributed by atoms with Gasteiger partial charge in [0.1, 0.15) is 11.8 Å². The van der Waals surface area contributed by atoms with Crippen molar-refractivity contribution in [1.29, 1.82) is 0 Å². The molecule has 3 rings (SSSR count). The molecule has 122 valence electrons. The predicted octanol–water partition coefficient (Wildman–Crippen LogP) is 2.26. The van der Waals surface area contributed by atoms with E-state index < -0.39 is 0 Å². The van der Waals surface area contributed by atoms with Gasteiger partial charge < -0.3 is 15.1 Å². The minimum atomic E-state index is -0.252. The topological polar surface area (TPSA) is 84.2 Å². The number of hydrogen-bond acceptors (Lipinski definition) is 4. The molecule has 3 aromatic rings. The highest BCUT2D eigenvalue weighted by Gasteiger charge is 2.13. The number of pyridine rings is 1. The number of aromatic nitrogens is 1. The molecule has 0 spiro atoms. The summed E-state index contributed by atoms with van der Waals surface area (Å²) >= 11 is 0. The molecule has 0 radical (unpaired) electrons. The molecular weight excluding hydrogens is 306 g/mol. The lowest BCUT2D eigenvalue weighted by atomic mass is 10.1. The molecule has 6 nitrogen and oxygen atoms in total. The Kier molecular flexibility index (Phi) is 4.86. The summed E-state index contributed by atoms with van der Waals surface area (Å²) in [6.07, 6.45) is 3.31. The third-order valence-electron chi connectivity index (χ3n) is 3.56. The van der Waals surface area contributed by atoms with E-state index in [2.05, 4.69) is 15.6 Å². The van der Waals surface area contributed by atoms with Gasteiger partial charge in [-0.1, -0.05) is 24.3 Å². The zero-order valence-corrected chi connectivity index (χ0v) is 13.0. The molecule has 0 bridgehead atoms. The van der Waals surface area contributed by atoms with Gasteiger partial charge in [0.05, 0.1) is 17.8 Å². The van der Waals surface area contributed by atoms with Crippen LogP contribution in [0.25, 0.3) is 11.0 Å². The van der Waals surface area contributed by atoms with E-state index in [0.29, 0.717) is 17.7 Å². The van der Waals surface area contributed by atoms with E-state index in [0.717, 1.165) is 11.1 Å². The summed E-state index contributed by atoms with van der Waals surface area (Å²) in [7, 11) is 0. The van der Waals surface area contributed by atoms with Crippen LogP contribution in [0.5, 0.6) is 0 Å². The van der Waals surface area contributed by atoms with Gasteiger partial charge in [-0.15, -0.1) is 0 Å². The zero-order valence-electron chi connectivity index (χ0n) is 13.0. The molecule has 2 amide bonds. The number of hydrogen-bond donors (Lipinski definition) is 2. The lowest BCUT2D eigenvalue weighted by Crippen LogP contribution is -2.30. The van der Waals surface area contributed by atoms with Gasteiger partial charge in [0, 0.05) is 24.5 Å². The Morgan fingerprint density at radius 2 is 1.88 bits per heavy atom. The van der Waals surface area contributed by atoms with Crippen LogP contribution in [-0.4, -0.2) is 23.3 Å². The van der Waals surface area contributed by atoms with Crippen LogP contribution in [0, 0.1) is 0 Å². The van der Waals surface area contributed by atoms with Crippen LogP contribution in [0.4, 0.5) is 0 Å². The molecule has 24 heavy (non-hydrogen) atoms. The first-order valence-corrected chi connectivity index (χ1v) is 7.65. The van der Waals surface area contributed by atoms with E-state index in [1.54, 1.807) is 12.3 Å². The number of fused-ring (bicyclic) bond motifs is 1. The van der Waals surface area contributed by atoms with Crippen molar-refractivity contribution in [2.75, 3.05) is 6.54 Å². The van der Waals surface area contributed by atoms with E-state index in [1.807, 2.05) is 36.4 Å². The lowest BCUT2D eigenvalue weighted by molar-refractivity contribution is -0.121. The molecule has 0 fully saturated rings. The Labute approximate surface area is 138 Å². The average molecular weight is 323 g/mol. The first-order chi connectivity index (χ1) is 11.7. The monoisotopic (exact) mass is 323 g/mol. The van der Waals surface area contributed by atoms with Crippen molar-refractivity contribution in [2.24, 2.45) is 0 Å². The van der Waals surface area contributed by atoms with Gasteiger partial charge in [-0.3, -0.25) is 14.6 Å². The second kappa shape index (κ2) is 7.41. The predicted molar refractivity (Wildman–Crippen MR) is 89.2 cm³/mol. The van der Waals surface area contributed by atoms with Crippen LogP contribution in [0.2, 0.25) is 0 Å². The number of benzene rings is 1. The van der Waals surface area contributed by atoms with Crippen LogP contribution >= 0.6 is 0 Å². The third kappa shape index (κ3) is 3.78. The smallest absolute Gasteiger partial charge is 0.255 e. The third-order valence-corrected chi connectivity index (χ3v) is 3.56. The van der Waals surface area contributed by atoms with Gasteiger partial charge >= 0.3 is 0 Å². The summed E-state index contributed by atoms with van der Waals surface area (Å²) in [5.74, 6) is -0.393. The van der Waals surface area contributed by atoms with Crippen molar-refractivity contribution in [1.82, 2.24) is 15.6 Å². The average Bonchev–Trinajstić information content (AvgIpc) is 3.05. The minimum Gasteiger partial charge on any atom is -0.463 e. The molecule has 0 aliphatic carbocycles. The van der Waals surface area contributed by atoms with E-state index >= 15 is 0 Å². The molecule has 2 N–H and O–H groups in total. The number of nitrogens with one attached hydrogen (secondary N) is 2. The van der Waals surface area contributed by atoms with Crippen molar-refractivity contribution in [2.45, 2.75) is 13.0 Å². The molecule has 0 saturated carbocycles. The zero-order chi connectivity index (χ0) is 16.8. The van der Waals surface area contributed by atoms with E-state index in [-0.39, 0.29) is 24.8 Å². The number of amides is 2. The van der Waals surface area contributed by atoms with Gasteiger partial charge in [0.2, 0.25) is 5.91 Å². The van der Waals surface area contributed by atoms with Crippen LogP contribution in [0.15, 0.2) is 59.3 Å². The normalized spacial score (nSPS) is 10.5. The second-order valence-electron chi connectivity index (χ2n) is 5.25. The van der Waals surface area contributed by atoms with Crippen LogP contribution in [0.1, 0.15) is 22.5 Å². The van der Waals surface area contributed by atoms with E-state index in [9.17, 15) is 9.59 Å². The van der Waals surface area contributed by atoms with Gasteiger partial charge in [-0.05, 0) is 18.2 Å². The van der Waals surface area contributed by atoms with Gasteiger partial charge in [0.25, 0.3) is 5.91 Å². The first kappa shape index (κ1) is 15.7. The first-order valence-electron chi connectivity index (χ1n) is 7.65. The number of furan rings is 1. The fraction of sp³-hybridized carbons (Fsp3) is 0.167. The Morgan fingerprint density at radius 1 is 1.04 bits per heavy atom. The Morgan fingerprint density at radius 3 is 2.71 bits per heavy atom. The SMILES string of the molecule is O=C(CCNC(=O)c1coc2ccccc12)NCc1ccccn1. The fourth-order valence-electron chi connectivity index (χ4n) is 2.32. The van der Waals surface area contributed by atoms with Gasteiger partial charge in [-0.25, -0.2) is 0 Å². The fourth-order valence-corrected chi connectivity index (χ4v) is 2.32. The van der Waals surface area contributed by atoms with Crippen LogP contribution in [0.3, 0.4) is 0 Å². The summed E-state index contributed by atoms with van der Waals surface area (Å²) in [6.45, 7) is 0.631. The summed E-state index contributed by atoms with van der Waals surface area (Å²) in [5.41, 5.74) is 1.93. The van der Waals surface area contributed by atoms with Gasteiger partial charge in [0.15, 0.2) is 0 Å². The highest BCUT2D eigenvalue weighted by Crippen LogP contribution is 2.20. The van der Waals surface area contributed by atoms with Crippen molar-refractivity contribution in [3.05, 3.63) is 66.2 Å². The molecule has 1 aromatic carbocycles. The molecule has 0 aliphatic heterocycles. The lowest BCUT2D eigenvalue weighted by Gasteiger charge is -2.06. The highest BCUT2D eigenvalue weighted by molar-refractivity contribution is 6.05. The number of carbonyl (C=O) groups excluding carboxylic acids is 2. The molecule has 2 heterocycles. The summed E-state index contributed by atoms with van der Waals surface area (Å²) < 4.78 is 5.34. The second-order valence-corrected chi connectivity index (χ2v) is 5.25. The maximum Gasteiger partial charge on any atom is 0.255 e. The maximum absolute atomic E-state index is 12.2. The van der Waals surface area contributed by atoms with Crippen LogP contribution < -0.4 is 10.6 Å². The molecular formula is C18H17N3O3. The maximum atomic E-state index is 12.2. The Bertz CT molecular complexity index is 843. The molecule has 0 unspecified atom stereocenters. The molecule has 0 aliphatic rings. The molecule has 2 aromatic heterocycles. The Balaban J connectivity index is 1.46. The largest absolute Gasteiger partial charge is 0.463 e. The quantitative estimate of drug-likeness (QED) is 0.729. The number of nitrogens with zero attached hydrogens (tertiary/aromatic N) is 1. The van der Waals surface area contributed by atoms with E-state index in [1.165, 1.54) is 6.26 Å². The van der Waals surface area contributed by atoms with Crippen molar-refractivity contribution in [3.8, 4) is 0 Å². The molecule has 0 atom stereocenters. The standard InChI is InChI=1S/C18H17N3O3/c22-17(21-11-13-5-3-4-9-19-13)8-10-20-18(23)15-12-24-16-7-2-1-6-14(15)16/h1-7,9,12H,8,10-11H2,(H,20,23)(H,21,22). The van der Waals surface area contributed by atoms with Crippen molar-refractivity contribution >= 4 is 22.8 Å². The van der Waals surface area contributed by atoms with Crippen LogP contribution in [-0.2, 0) is 11.3 Å². The van der Waals surface area contributed by atoms with Gasteiger partial charge in [-0.2, -0.15) is 0 Å².